The molecule has 20 heavy (non-hydrogen) atoms. The Balaban J connectivity index is 2.23. The van der Waals surface area contributed by atoms with Crippen LogP contribution in [-0.2, 0) is 6.42 Å². The molecule has 0 aliphatic rings. The summed E-state index contributed by atoms with van der Waals surface area (Å²) in [5.41, 5.74) is 0.883. The lowest BCUT2D eigenvalue weighted by atomic mass is 10.0. The van der Waals surface area contributed by atoms with Gasteiger partial charge in [-0.2, -0.15) is 0 Å². The number of hydrogen-bond donors (Lipinski definition) is 0. The summed E-state index contributed by atoms with van der Waals surface area (Å²) < 4.78 is 20.2. The van der Waals surface area contributed by atoms with Gasteiger partial charge < -0.3 is 4.74 Å². The van der Waals surface area contributed by atoms with Crippen molar-refractivity contribution in [3.63, 3.8) is 0 Å². The maximum absolute atomic E-state index is 13.6. The monoisotopic (exact) mass is 400 g/mol. The maximum Gasteiger partial charge on any atom is 0.170 e. The lowest BCUT2D eigenvalue weighted by Crippen LogP contribution is -2.06. The molecule has 5 heteroatoms. The number of hydrogen-bond acceptors (Lipinski definition) is 2. The molecule has 2 aromatic carbocycles. The molecule has 2 rings (SSSR count). The van der Waals surface area contributed by atoms with Gasteiger partial charge in [-0.25, -0.2) is 4.39 Å². The molecule has 0 aromatic heterocycles. The van der Waals surface area contributed by atoms with Crippen molar-refractivity contribution < 1.29 is 13.9 Å². The topological polar surface area (TPSA) is 26.3 Å². The number of benzene rings is 2. The molecule has 0 unspecified atom stereocenters. The molecule has 0 aliphatic carbocycles. The van der Waals surface area contributed by atoms with Crippen molar-refractivity contribution in [3.05, 3.63) is 62.3 Å². The average molecular weight is 402 g/mol. The Hall–Kier alpha value is -1.20. The molecule has 0 fully saturated rings. The van der Waals surface area contributed by atoms with E-state index >= 15 is 0 Å². The first-order valence-corrected chi connectivity index (χ1v) is 7.40. The Morgan fingerprint density at radius 2 is 1.95 bits per heavy atom. The SMILES string of the molecule is COc1ccc(CC(=O)c2cc(Br)ccc2F)cc1Br. The fraction of sp³-hybridized carbons (Fsp3) is 0.133. The van der Waals surface area contributed by atoms with Gasteiger partial charge in [0.2, 0.25) is 0 Å². The van der Waals surface area contributed by atoms with Gasteiger partial charge in [0.15, 0.2) is 5.78 Å². The first kappa shape index (κ1) is 15.2. The van der Waals surface area contributed by atoms with Crippen LogP contribution in [-0.4, -0.2) is 12.9 Å². The Bertz CT molecular complexity index is 656. The maximum atomic E-state index is 13.6. The number of methoxy groups -OCH3 is 1. The second-order valence-electron chi connectivity index (χ2n) is 4.19. The summed E-state index contributed by atoms with van der Waals surface area (Å²) in [5, 5.41) is 0. The van der Waals surface area contributed by atoms with Gasteiger partial charge in [0.25, 0.3) is 0 Å². The molecule has 2 nitrogen and oxygen atoms in total. The van der Waals surface area contributed by atoms with Crippen LogP contribution in [0.5, 0.6) is 5.75 Å². The summed E-state index contributed by atoms with van der Waals surface area (Å²) in [6.45, 7) is 0. The molecule has 0 saturated heterocycles. The third kappa shape index (κ3) is 3.46. The highest BCUT2D eigenvalue weighted by Crippen LogP contribution is 2.26. The second kappa shape index (κ2) is 6.50. The highest BCUT2D eigenvalue weighted by atomic mass is 79.9. The highest BCUT2D eigenvalue weighted by molar-refractivity contribution is 9.10. The fourth-order valence-corrected chi connectivity index (χ4v) is 2.76. The zero-order valence-corrected chi connectivity index (χ0v) is 13.8. The summed E-state index contributed by atoms with van der Waals surface area (Å²) in [7, 11) is 1.57. The van der Waals surface area contributed by atoms with Gasteiger partial charge in [-0.15, -0.1) is 0 Å². The molecule has 0 spiro atoms. The Kier molecular flexibility index (Phi) is 4.94. The van der Waals surface area contributed by atoms with Gasteiger partial charge in [0, 0.05) is 10.9 Å². The number of ketones is 1. The first-order valence-electron chi connectivity index (χ1n) is 5.82. The van der Waals surface area contributed by atoms with Gasteiger partial charge in [0.05, 0.1) is 17.1 Å². The van der Waals surface area contributed by atoms with Crippen molar-refractivity contribution in [1.29, 1.82) is 0 Å². The minimum Gasteiger partial charge on any atom is -0.496 e. The van der Waals surface area contributed by atoms with E-state index in [1.165, 1.54) is 12.1 Å². The van der Waals surface area contributed by atoms with E-state index in [-0.39, 0.29) is 17.8 Å². The molecule has 0 N–H and O–H groups in total. The molecule has 0 atom stereocenters. The van der Waals surface area contributed by atoms with Crippen molar-refractivity contribution >= 4 is 37.6 Å². The van der Waals surface area contributed by atoms with Crippen LogP contribution in [0, 0.1) is 5.82 Å². The van der Waals surface area contributed by atoms with Gasteiger partial charge >= 0.3 is 0 Å². The van der Waals surface area contributed by atoms with E-state index in [1.807, 2.05) is 0 Å². The van der Waals surface area contributed by atoms with Gasteiger partial charge in [0.1, 0.15) is 11.6 Å². The van der Waals surface area contributed by atoms with Crippen LogP contribution in [0.3, 0.4) is 0 Å². The van der Waals surface area contributed by atoms with Crippen LogP contribution in [0.25, 0.3) is 0 Å². The van der Waals surface area contributed by atoms with Crippen LogP contribution in [0.2, 0.25) is 0 Å². The smallest absolute Gasteiger partial charge is 0.170 e. The van der Waals surface area contributed by atoms with Crippen LogP contribution < -0.4 is 4.74 Å². The molecule has 0 saturated carbocycles. The van der Waals surface area contributed by atoms with Gasteiger partial charge in [-0.1, -0.05) is 22.0 Å². The Morgan fingerprint density at radius 3 is 2.60 bits per heavy atom. The number of halogens is 3. The minimum atomic E-state index is -0.509. The van der Waals surface area contributed by atoms with Crippen molar-refractivity contribution in [1.82, 2.24) is 0 Å². The first-order chi connectivity index (χ1) is 9.51. The Morgan fingerprint density at radius 1 is 1.20 bits per heavy atom. The van der Waals surface area contributed by atoms with Crippen LogP contribution in [0.1, 0.15) is 15.9 Å². The largest absolute Gasteiger partial charge is 0.496 e. The third-order valence-electron chi connectivity index (χ3n) is 2.81. The highest BCUT2D eigenvalue weighted by Gasteiger charge is 2.13. The Labute approximate surface area is 133 Å². The predicted molar refractivity (Wildman–Crippen MR) is 82.8 cm³/mol. The van der Waals surface area contributed by atoms with Crippen LogP contribution in [0.4, 0.5) is 4.39 Å². The summed E-state index contributed by atoms with van der Waals surface area (Å²) in [6.07, 6.45) is 0.135. The predicted octanol–water partition coefficient (Wildman–Crippen LogP) is 4.78. The zero-order chi connectivity index (χ0) is 14.7. The van der Waals surface area contributed by atoms with Gasteiger partial charge in [-0.3, -0.25) is 4.79 Å². The molecular weight excluding hydrogens is 391 g/mol. The van der Waals surface area contributed by atoms with E-state index in [1.54, 1.807) is 31.4 Å². The lowest BCUT2D eigenvalue weighted by molar-refractivity contribution is 0.0989. The van der Waals surface area contributed by atoms with Crippen molar-refractivity contribution in [2.75, 3.05) is 7.11 Å². The van der Waals surface area contributed by atoms with Gasteiger partial charge in [-0.05, 0) is 51.8 Å². The summed E-state index contributed by atoms with van der Waals surface area (Å²) in [4.78, 5) is 12.1. The van der Waals surface area contributed by atoms with E-state index in [4.69, 9.17) is 4.74 Å². The molecule has 0 amide bonds. The summed E-state index contributed by atoms with van der Waals surface area (Å²) in [6, 6.07) is 9.70. The van der Waals surface area contributed by atoms with Crippen LogP contribution in [0.15, 0.2) is 45.3 Å². The van der Waals surface area contributed by atoms with Crippen molar-refractivity contribution in [3.8, 4) is 5.75 Å². The number of carbonyl (C=O) groups is 1. The summed E-state index contributed by atoms with van der Waals surface area (Å²) in [5.74, 6) is -0.0820. The van der Waals surface area contributed by atoms with E-state index in [0.29, 0.717) is 10.2 Å². The molecule has 2 aromatic rings. The van der Waals surface area contributed by atoms with E-state index in [9.17, 15) is 9.18 Å². The molecular formula is C15H11Br2FO2. The number of ether oxygens (including phenoxy) is 1. The molecule has 0 bridgehead atoms. The van der Waals surface area contributed by atoms with E-state index in [0.717, 1.165) is 10.0 Å². The average Bonchev–Trinajstić information content (AvgIpc) is 2.41. The molecule has 104 valence electrons. The molecule has 0 radical (unpaired) electrons. The molecule has 0 heterocycles. The van der Waals surface area contributed by atoms with Crippen LogP contribution >= 0.6 is 31.9 Å². The summed E-state index contributed by atoms with van der Waals surface area (Å²) >= 11 is 6.60. The number of Topliss-reactive ketones (excluding diaryl/α,β-unsaturated/α-hetero) is 1. The van der Waals surface area contributed by atoms with E-state index < -0.39 is 5.82 Å². The van der Waals surface area contributed by atoms with Crippen molar-refractivity contribution in [2.24, 2.45) is 0 Å². The fourth-order valence-electron chi connectivity index (χ4n) is 1.81. The normalized spacial score (nSPS) is 10.4. The van der Waals surface area contributed by atoms with Crippen molar-refractivity contribution in [2.45, 2.75) is 6.42 Å². The third-order valence-corrected chi connectivity index (χ3v) is 3.92. The number of carbonyl (C=O) groups excluding carboxylic acids is 1. The standard InChI is InChI=1S/C15H11Br2FO2/c1-20-15-5-2-9(6-12(15)17)7-14(19)11-8-10(16)3-4-13(11)18/h2-6,8H,7H2,1H3. The minimum absolute atomic E-state index is 0.0892. The lowest BCUT2D eigenvalue weighted by Gasteiger charge is -2.07. The second-order valence-corrected chi connectivity index (χ2v) is 5.96. The quantitative estimate of drug-likeness (QED) is 0.688. The molecule has 0 aliphatic heterocycles. The van der Waals surface area contributed by atoms with E-state index in [2.05, 4.69) is 31.9 Å². The number of rotatable bonds is 4. The zero-order valence-electron chi connectivity index (χ0n) is 10.6.